The molecular formula is C25H48N8O6. The van der Waals surface area contributed by atoms with Crippen LogP contribution in [0.15, 0.2) is 4.99 Å². The summed E-state index contributed by atoms with van der Waals surface area (Å²) in [5.74, 6) is -4.33. The largest absolute Gasteiger partial charge is 0.480 e. The Bertz CT molecular complexity index is 860. The van der Waals surface area contributed by atoms with Crippen LogP contribution in [0.25, 0.3) is 0 Å². The molecule has 0 aromatic carbocycles. The van der Waals surface area contributed by atoms with E-state index in [0.717, 1.165) is 0 Å². The molecule has 0 bridgehead atoms. The summed E-state index contributed by atoms with van der Waals surface area (Å²) in [4.78, 5) is 66.9. The average molecular weight is 557 g/mol. The number of nitrogens with two attached hydrogens (primary N) is 3. The first-order valence-electron chi connectivity index (χ1n) is 13.3. The number of hydrogen-bond donors (Lipinski definition) is 8. The Balaban J connectivity index is 5.74. The standard InChI is InChI=1S/C25H48N8O6/c1-7-15(6)20(33-21(35)16(30-18(34)12-26)9-8-10-29-25(27)28)23(37)32-19(14(4)5)22(36)31-17(24(38)39)11-13(2)3/h13-17,19-20H,7-12,26H2,1-6H3,(H,30,34)(H,31,36)(H,32,37)(H,33,35)(H,38,39)(H4,27,28,29)/t15-,16-,17-,19-,20-/m0/s1. The summed E-state index contributed by atoms with van der Waals surface area (Å²) in [5, 5.41) is 19.9. The number of amides is 4. The van der Waals surface area contributed by atoms with Crippen LogP contribution in [0.4, 0.5) is 0 Å². The SMILES string of the molecule is CC[C@H](C)[C@H](NC(=O)[C@H](CCCN=C(N)N)NC(=O)CN)C(=O)N[C@H](C(=O)N[C@@H](CC(C)C)C(=O)O)C(C)C. The van der Waals surface area contributed by atoms with Crippen LogP contribution < -0.4 is 38.5 Å². The molecule has 0 saturated carbocycles. The highest BCUT2D eigenvalue weighted by molar-refractivity contribution is 5.95. The third-order valence-electron chi connectivity index (χ3n) is 6.14. The topological polar surface area (TPSA) is 244 Å². The van der Waals surface area contributed by atoms with E-state index in [0.29, 0.717) is 12.8 Å². The maximum absolute atomic E-state index is 13.4. The highest BCUT2D eigenvalue weighted by atomic mass is 16.4. The smallest absolute Gasteiger partial charge is 0.326 e. The van der Waals surface area contributed by atoms with Crippen LogP contribution in [0.3, 0.4) is 0 Å². The minimum atomic E-state index is -1.17. The molecule has 14 nitrogen and oxygen atoms in total. The van der Waals surface area contributed by atoms with Gasteiger partial charge < -0.3 is 43.6 Å². The zero-order valence-electron chi connectivity index (χ0n) is 24.0. The summed E-state index contributed by atoms with van der Waals surface area (Å²) in [6.45, 7) is 10.6. The quantitative estimate of drug-likeness (QED) is 0.0571. The third-order valence-corrected chi connectivity index (χ3v) is 6.14. The second-order valence-electron chi connectivity index (χ2n) is 10.4. The molecule has 0 aliphatic heterocycles. The van der Waals surface area contributed by atoms with Crippen molar-refractivity contribution >= 4 is 35.6 Å². The first-order chi connectivity index (χ1) is 18.1. The number of hydrogen-bond acceptors (Lipinski definition) is 7. The van der Waals surface area contributed by atoms with E-state index in [9.17, 15) is 29.1 Å². The van der Waals surface area contributed by atoms with Crippen LogP contribution in [-0.2, 0) is 24.0 Å². The molecule has 224 valence electrons. The normalized spacial score (nSPS) is 14.9. The number of carbonyl (C=O) groups is 5. The van der Waals surface area contributed by atoms with E-state index in [1.807, 2.05) is 20.8 Å². The second kappa shape index (κ2) is 18.0. The van der Waals surface area contributed by atoms with Crippen molar-refractivity contribution in [2.45, 2.75) is 91.4 Å². The van der Waals surface area contributed by atoms with E-state index in [4.69, 9.17) is 17.2 Å². The summed E-state index contributed by atoms with van der Waals surface area (Å²) in [5.41, 5.74) is 16.0. The Hall–Kier alpha value is -3.42. The summed E-state index contributed by atoms with van der Waals surface area (Å²) in [6.07, 6.45) is 1.31. The fourth-order valence-corrected chi connectivity index (χ4v) is 3.71. The van der Waals surface area contributed by atoms with E-state index >= 15 is 0 Å². The molecule has 0 spiro atoms. The maximum Gasteiger partial charge on any atom is 0.326 e. The molecule has 0 aromatic rings. The van der Waals surface area contributed by atoms with Gasteiger partial charge >= 0.3 is 5.97 Å². The van der Waals surface area contributed by atoms with E-state index in [1.54, 1.807) is 20.8 Å². The van der Waals surface area contributed by atoms with Crippen molar-refractivity contribution in [1.29, 1.82) is 0 Å². The number of aliphatic carboxylic acids is 1. The Labute approximate surface area is 230 Å². The van der Waals surface area contributed by atoms with Crippen LogP contribution in [0.1, 0.15) is 67.2 Å². The summed E-state index contributed by atoms with van der Waals surface area (Å²) in [6, 6.07) is -4.17. The van der Waals surface area contributed by atoms with Gasteiger partial charge in [-0.25, -0.2) is 4.79 Å². The van der Waals surface area contributed by atoms with Crippen LogP contribution >= 0.6 is 0 Å². The summed E-state index contributed by atoms with van der Waals surface area (Å²) >= 11 is 0. The molecular weight excluding hydrogens is 508 g/mol. The Morgan fingerprint density at radius 3 is 1.85 bits per heavy atom. The molecule has 0 aliphatic rings. The molecule has 0 fully saturated rings. The highest BCUT2D eigenvalue weighted by Gasteiger charge is 2.34. The molecule has 4 amide bonds. The lowest BCUT2D eigenvalue weighted by molar-refractivity contribution is -0.143. The summed E-state index contributed by atoms with van der Waals surface area (Å²) < 4.78 is 0. The van der Waals surface area contributed by atoms with Crippen LogP contribution in [0.2, 0.25) is 0 Å². The van der Waals surface area contributed by atoms with Gasteiger partial charge in [0.1, 0.15) is 24.2 Å². The lowest BCUT2D eigenvalue weighted by Crippen LogP contribution is -2.60. The number of nitrogens with one attached hydrogen (secondary N) is 4. The zero-order valence-corrected chi connectivity index (χ0v) is 24.0. The van der Waals surface area contributed by atoms with Gasteiger partial charge in [-0.2, -0.15) is 0 Å². The lowest BCUT2D eigenvalue weighted by atomic mass is 9.95. The van der Waals surface area contributed by atoms with Gasteiger partial charge in [-0.1, -0.05) is 48.0 Å². The van der Waals surface area contributed by atoms with Crippen molar-refractivity contribution < 1.29 is 29.1 Å². The number of aliphatic imine (C=N–C) groups is 1. The number of nitrogens with zero attached hydrogens (tertiary/aromatic N) is 1. The van der Waals surface area contributed by atoms with E-state index in [2.05, 4.69) is 26.3 Å². The molecule has 0 aromatic heterocycles. The van der Waals surface area contributed by atoms with Crippen molar-refractivity contribution in [3.8, 4) is 0 Å². The van der Waals surface area contributed by atoms with Crippen molar-refractivity contribution in [3.63, 3.8) is 0 Å². The van der Waals surface area contributed by atoms with Crippen LogP contribution in [0.5, 0.6) is 0 Å². The first-order valence-corrected chi connectivity index (χ1v) is 13.3. The number of carboxylic acids is 1. The van der Waals surface area contributed by atoms with Crippen molar-refractivity contribution in [1.82, 2.24) is 21.3 Å². The Morgan fingerprint density at radius 2 is 1.38 bits per heavy atom. The van der Waals surface area contributed by atoms with Gasteiger partial charge in [-0.15, -0.1) is 0 Å². The van der Waals surface area contributed by atoms with Crippen LogP contribution in [-0.4, -0.2) is 77.9 Å². The number of guanidine groups is 1. The predicted octanol–water partition coefficient (Wildman–Crippen LogP) is -1.23. The van der Waals surface area contributed by atoms with Gasteiger partial charge in [0, 0.05) is 6.54 Å². The summed E-state index contributed by atoms with van der Waals surface area (Å²) in [7, 11) is 0. The fourth-order valence-electron chi connectivity index (χ4n) is 3.71. The van der Waals surface area contributed by atoms with Gasteiger partial charge in [-0.3, -0.25) is 24.2 Å². The minimum Gasteiger partial charge on any atom is -0.480 e. The number of rotatable bonds is 18. The van der Waals surface area contributed by atoms with Gasteiger partial charge in [0.25, 0.3) is 0 Å². The zero-order chi connectivity index (χ0) is 30.3. The predicted molar refractivity (Wildman–Crippen MR) is 148 cm³/mol. The van der Waals surface area contributed by atoms with E-state index in [1.165, 1.54) is 0 Å². The van der Waals surface area contributed by atoms with Gasteiger partial charge in [0.15, 0.2) is 5.96 Å². The molecule has 0 unspecified atom stereocenters. The molecule has 0 aliphatic carbocycles. The molecule has 5 atom stereocenters. The van der Waals surface area contributed by atoms with Crippen LogP contribution in [0, 0.1) is 17.8 Å². The van der Waals surface area contributed by atoms with E-state index < -0.39 is 53.8 Å². The third kappa shape index (κ3) is 13.8. The minimum absolute atomic E-state index is 0.0238. The second-order valence-corrected chi connectivity index (χ2v) is 10.4. The molecule has 39 heavy (non-hydrogen) atoms. The molecule has 0 rings (SSSR count). The molecule has 0 saturated heterocycles. The Morgan fingerprint density at radius 1 is 0.821 bits per heavy atom. The van der Waals surface area contributed by atoms with E-state index in [-0.39, 0.29) is 49.6 Å². The lowest BCUT2D eigenvalue weighted by Gasteiger charge is -2.30. The van der Waals surface area contributed by atoms with Crippen molar-refractivity contribution in [2.75, 3.05) is 13.1 Å². The van der Waals surface area contributed by atoms with Gasteiger partial charge in [0.05, 0.1) is 6.54 Å². The fraction of sp³-hybridized carbons (Fsp3) is 0.760. The van der Waals surface area contributed by atoms with Gasteiger partial charge in [0.2, 0.25) is 23.6 Å². The van der Waals surface area contributed by atoms with Crippen molar-refractivity contribution in [3.05, 3.63) is 0 Å². The number of carboxylic acid groups (broad SMARTS) is 1. The Kier molecular flexibility index (Phi) is 16.4. The first kappa shape index (κ1) is 35.6. The molecule has 0 heterocycles. The molecule has 14 heteroatoms. The monoisotopic (exact) mass is 556 g/mol. The maximum atomic E-state index is 13.4. The number of carbonyl (C=O) groups excluding carboxylic acids is 4. The van der Waals surface area contributed by atoms with Gasteiger partial charge in [-0.05, 0) is 37.0 Å². The highest BCUT2D eigenvalue weighted by Crippen LogP contribution is 2.12. The molecule has 0 radical (unpaired) electrons. The van der Waals surface area contributed by atoms with Crippen molar-refractivity contribution in [2.24, 2.45) is 39.9 Å². The average Bonchev–Trinajstić information content (AvgIpc) is 2.85. The molecule has 11 N–H and O–H groups in total.